The Labute approximate surface area is 116 Å². The van der Waals surface area contributed by atoms with Crippen molar-refractivity contribution in [2.45, 2.75) is 64.5 Å². The smallest absolute Gasteiger partial charge is 0.125 e. The molecule has 1 atom stereocenters. The molecule has 1 aliphatic carbocycles. The van der Waals surface area contributed by atoms with E-state index in [9.17, 15) is 0 Å². The molecule has 2 aliphatic rings. The summed E-state index contributed by atoms with van der Waals surface area (Å²) in [6.45, 7) is 7.70. The fraction of sp³-hybridized carbons (Fsp3) is 0.647. The molecule has 104 valence electrons. The first-order chi connectivity index (χ1) is 9.09. The zero-order valence-electron chi connectivity index (χ0n) is 12.4. The van der Waals surface area contributed by atoms with Crippen LogP contribution in [0.3, 0.4) is 0 Å². The molecule has 2 heteroatoms. The second kappa shape index (κ2) is 4.82. The van der Waals surface area contributed by atoms with Gasteiger partial charge in [0.2, 0.25) is 0 Å². The van der Waals surface area contributed by atoms with Gasteiger partial charge in [-0.3, -0.25) is 0 Å². The summed E-state index contributed by atoms with van der Waals surface area (Å²) in [6.07, 6.45) is 6.00. The second-order valence-corrected chi connectivity index (χ2v) is 6.58. The van der Waals surface area contributed by atoms with Crippen LogP contribution in [0.4, 0.5) is 0 Å². The lowest BCUT2D eigenvalue weighted by Crippen LogP contribution is -2.39. The number of hydrogen-bond acceptors (Lipinski definition) is 2. The summed E-state index contributed by atoms with van der Waals surface area (Å²) in [5, 5.41) is 3.69. The minimum Gasteiger partial charge on any atom is -0.487 e. The zero-order valence-corrected chi connectivity index (χ0v) is 12.4. The maximum atomic E-state index is 6.21. The predicted molar refractivity (Wildman–Crippen MR) is 78.8 cm³/mol. The number of benzene rings is 1. The Morgan fingerprint density at radius 2 is 2.00 bits per heavy atom. The third-order valence-electron chi connectivity index (χ3n) is 4.32. The van der Waals surface area contributed by atoms with E-state index in [1.165, 1.54) is 36.8 Å². The monoisotopic (exact) mass is 259 g/mol. The number of fused-ring (bicyclic) bond motifs is 2. The van der Waals surface area contributed by atoms with E-state index in [2.05, 4.69) is 38.2 Å². The quantitative estimate of drug-likeness (QED) is 0.892. The van der Waals surface area contributed by atoms with Gasteiger partial charge in [-0.1, -0.05) is 13.0 Å². The highest BCUT2D eigenvalue weighted by molar-refractivity contribution is 5.47. The molecule has 0 spiro atoms. The fourth-order valence-corrected chi connectivity index (χ4v) is 3.42. The molecule has 1 aromatic carbocycles. The van der Waals surface area contributed by atoms with Crippen molar-refractivity contribution >= 4 is 0 Å². The molecule has 1 N–H and O–H groups in total. The van der Waals surface area contributed by atoms with Crippen LogP contribution >= 0.6 is 0 Å². The minimum absolute atomic E-state index is 0.0642. The van der Waals surface area contributed by atoms with Crippen LogP contribution in [0.5, 0.6) is 5.75 Å². The Balaban J connectivity index is 1.97. The molecule has 1 heterocycles. The average molecular weight is 259 g/mol. The number of aryl methyl sites for hydroxylation is 2. The van der Waals surface area contributed by atoms with Crippen molar-refractivity contribution in [3.8, 4) is 5.75 Å². The van der Waals surface area contributed by atoms with Crippen molar-refractivity contribution in [3.05, 3.63) is 28.8 Å². The van der Waals surface area contributed by atoms with Gasteiger partial charge in [0.05, 0.1) is 0 Å². The molecule has 0 fully saturated rings. The zero-order chi connectivity index (χ0) is 13.5. The third-order valence-corrected chi connectivity index (χ3v) is 4.32. The summed E-state index contributed by atoms with van der Waals surface area (Å²) in [4.78, 5) is 0. The van der Waals surface area contributed by atoms with E-state index >= 15 is 0 Å². The van der Waals surface area contributed by atoms with Gasteiger partial charge in [0.15, 0.2) is 0 Å². The van der Waals surface area contributed by atoms with E-state index in [1.807, 2.05) is 0 Å². The van der Waals surface area contributed by atoms with Crippen LogP contribution < -0.4 is 10.1 Å². The number of hydrogen-bond donors (Lipinski definition) is 1. The highest BCUT2D eigenvalue weighted by atomic mass is 16.5. The first-order valence-corrected chi connectivity index (χ1v) is 7.67. The summed E-state index contributed by atoms with van der Waals surface area (Å²) in [7, 11) is 0. The molecular weight excluding hydrogens is 234 g/mol. The van der Waals surface area contributed by atoms with Gasteiger partial charge in [0, 0.05) is 18.0 Å². The minimum atomic E-state index is -0.0642. The molecular formula is C17H25NO. The predicted octanol–water partition coefficient (Wildman–Crippen LogP) is 3.78. The summed E-state index contributed by atoms with van der Waals surface area (Å²) >= 11 is 0. The van der Waals surface area contributed by atoms with E-state index in [4.69, 9.17) is 4.74 Å². The highest BCUT2D eigenvalue weighted by Crippen LogP contribution is 2.42. The number of rotatable bonds is 3. The topological polar surface area (TPSA) is 21.3 Å². The van der Waals surface area contributed by atoms with Crippen molar-refractivity contribution < 1.29 is 4.74 Å². The van der Waals surface area contributed by atoms with Gasteiger partial charge < -0.3 is 10.1 Å². The molecule has 0 saturated heterocycles. The number of nitrogens with one attached hydrogen (secondary N) is 1. The normalized spacial score (nSPS) is 23.6. The Morgan fingerprint density at radius 3 is 2.74 bits per heavy atom. The maximum Gasteiger partial charge on any atom is 0.125 e. The van der Waals surface area contributed by atoms with Crippen LogP contribution in [0.15, 0.2) is 12.1 Å². The largest absolute Gasteiger partial charge is 0.487 e. The molecule has 0 bridgehead atoms. The van der Waals surface area contributed by atoms with Crippen LogP contribution in [0.2, 0.25) is 0 Å². The van der Waals surface area contributed by atoms with Gasteiger partial charge in [-0.2, -0.15) is 0 Å². The van der Waals surface area contributed by atoms with Crippen LogP contribution in [0, 0.1) is 0 Å². The molecule has 0 radical (unpaired) electrons. The lowest BCUT2D eigenvalue weighted by Gasteiger charge is -2.38. The molecule has 0 aromatic heterocycles. The third kappa shape index (κ3) is 2.51. The van der Waals surface area contributed by atoms with Gasteiger partial charge in [-0.25, -0.2) is 0 Å². The van der Waals surface area contributed by atoms with Gasteiger partial charge in [0.1, 0.15) is 11.4 Å². The van der Waals surface area contributed by atoms with E-state index < -0.39 is 0 Å². The van der Waals surface area contributed by atoms with Crippen LogP contribution in [-0.4, -0.2) is 12.1 Å². The van der Waals surface area contributed by atoms with Crippen molar-refractivity contribution in [2.24, 2.45) is 0 Å². The highest BCUT2D eigenvalue weighted by Gasteiger charge is 2.34. The van der Waals surface area contributed by atoms with Gasteiger partial charge >= 0.3 is 0 Å². The first kappa shape index (κ1) is 13.0. The molecule has 19 heavy (non-hydrogen) atoms. The maximum absolute atomic E-state index is 6.21. The van der Waals surface area contributed by atoms with Crippen molar-refractivity contribution in [2.75, 3.05) is 6.54 Å². The Hall–Kier alpha value is -1.02. The standard InChI is InChI=1S/C17H25NO/c1-4-8-18-15-11-17(2,3)19-16-10-13-7-5-6-12(13)9-14(15)16/h9-10,15,18H,4-8,11H2,1-3H3. The molecule has 3 rings (SSSR count). The summed E-state index contributed by atoms with van der Waals surface area (Å²) in [5.74, 6) is 1.12. The van der Waals surface area contributed by atoms with E-state index in [0.717, 1.165) is 18.7 Å². The molecule has 0 amide bonds. The lowest BCUT2D eigenvalue weighted by atomic mass is 9.88. The Kier molecular flexibility index (Phi) is 3.30. The summed E-state index contributed by atoms with van der Waals surface area (Å²) in [5.41, 5.74) is 4.37. The van der Waals surface area contributed by atoms with Crippen molar-refractivity contribution in [3.63, 3.8) is 0 Å². The van der Waals surface area contributed by atoms with Crippen LogP contribution in [0.25, 0.3) is 0 Å². The molecule has 0 saturated carbocycles. The van der Waals surface area contributed by atoms with Gasteiger partial charge in [0.25, 0.3) is 0 Å². The van der Waals surface area contributed by atoms with Crippen LogP contribution in [0.1, 0.15) is 62.8 Å². The van der Waals surface area contributed by atoms with E-state index in [1.54, 1.807) is 5.56 Å². The fourth-order valence-electron chi connectivity index (χ4n) is 3.42. The van der Waals surface area contributed by atoms with Gasteiger partial charge in [-0.15, -0.1) is 0 Å². The summed E-state index contributed by atoms with van der Waals surface area (Å²) in [6, 6.07) is 5.16. The van der Waals surface area contributed by atoms with E-state index in [0.29, 0.717) is 6.04 Å². The van der Waals surface area contributed by atoms with Crippen molar-refractivity contribution in [1.29, 1.82) is 0 Å². The van der Waals surface area contributed by atoms with Gasteiger partial charge in [-0.05, 0) is 63.3 Å². The SMILES string of the molecule is CCCNC1CC(C)(C)Oc2cc3c(cc21)CCC3. The molecule has 1 unspecified atom stereocenters. The molecule has 1 aromatic rings. The number of ether oxygens (including phenoxy) is 1. The van der Waals surface area contributed by atoms with Crippen molar-refractivity contribution in [1.82, 2.24) is 5.32 Å². The first-order valence-electron chi connectivity index (χ1n) is 7.67. The Morgan fingerprint density at radius 1 is 1.26 bits per heavy atom. The summed E-state index contributed by atoms with van der Waals surface area (Å²) < 4.78 is 6.21. The average Bonchev–Trinajstić information content (AvgIpc) is 2.79. The molecule has 2 nitrogen and oxygen atoms in total. The molecule has 1 aliphatic heterocycles. The Bertz CT molecular complexity index is 478. The van der Waals surface area contributed by atoms with E-state index in [-0.39, 0.29) is 5.60 Å². The lowest BCUT2D eigenvalue weighted by molar-refractivity contribution is 0.0660. The second-order valence-electron chi connectivity index (χ2n) is 6.58. The van der Waals surface area contributed by atoms with Crippen LogP contribution in [-0.2, 0) is 12.8 Å².